The number of halogens is 2. The highest BCUT2D eigenvalue weighted by Crippen LogP contribution is 2.25. The Morgan fingerprint density at radius 1 is 1.16 bits per heavy atom. The molecule has 100 valence electrons. The van der Waals surface area contributed by atoms with Gasteiger partial charge in [-0.1, -0.05) is 11.6 Å². The van der Waals surface area contributed by atoms with Crippen molar-refractivity contribution in [1.29, 1.82) is 0 Å². The van der Waals surface area contributed by atoms with Gasteiger partial charge in [0, 0.05) is 5.56 Å². The maximum Gasteiger partial charge on any atom is 0.137 e. The third-order valence-electron chi connectivity index (χ3n) is 2.72. The zero-order chi connectivity index (χ0) is 13.8. The number of aryl methyl sites for hydroxylation is 1. The van der Waals surface area contributed by atoms with Crippen LogP contribution in [0.25, 0.3) is 0 Å². The highest BCUT2D eigenvalue weighted by atomic mass is 79.9. The van der Waals surface area contributed by atoms with Crippen LogP contribution in [-0.4, -0.2) is 7.11 Å². The first-order valence-corrected chi connectivity index (χ1v) is 6.61. The van der Waals surface area contributed by atoms with Crippen molar-refractivity contribution in [2.75, 3.05) is 7.11 Å². The van der Waals surface area contributed by atoms with E-state index in [9.17, 15) is 4.39 Å². The van der Waals surface area contributed by atoms with E-state index in [1.807, 2.05) is 25.1 Å². The van der Waals surface area contributed by atoms with Crippen LogP contribution in [0.15, 0.2) is 40.9 Å². The van der Waals surface area contributed by atoms with Gasteiger partial charge in [-0.2, -0.15) is 0 Å². The molecule has 0 amide bonds. The van der Waals surface area contributed by atoms with Crippen molar-refractivity contribution in [2.24, 2.45) is 0 Å². The lowest BCUT2D eigenvalue weighted by Gasteiger charge is -2.11. The summed E-state index contributed by atoms with van der Waals surface area (Å²) in [6.45, 7) is 2.39. The van der Waals surface area contributed by atoms with Crippen LogP contribution in [0.4, 0.5) is 4.39 Å². The van der Waals surface area contributed by atoms with E-state index < -0.39 is 0 Å². The van der Waals surface area contributed by atoms with Gasteiger partial charge in [0.15, 0.2) is 0 Å². The van der Waals surface area contributed by atoms with Crippen LogP contribution in [-0.2, 0) is 6.61 Å². The van der Waals surface area contributed by atoms with Crippen molar-refractivity contribution in [3.8, 4) is 11.5 Å². The Kier molecular flexibility index (Phi) is 4.43. The van der Waals surface area contributed by atoms with Gasteiger partial charge in [0.1, 0.15) is 23.9 Å². The molecule has 2 rings (SSSR count). The molecule has 0 aliphatic rings. The van der Waals surface area contributed by atoms with E-state index in [1.165, 1.54) is 6.07 Å². The lowest BCUT2D eigenvalue weighted by Crippen LogP contribution is -1.99. The SMILES string of the molecule is COc1ccc(C)cc1COc1ccc(F)c(Br)c1. The van der Waals surface area contributed by atoms with Crippen molar-refractivity contribution in [3.05, 3.63) is 57.8 Å². The van der Waals surface area contributed by atoms with E-state index in [0.29, 0.717) is 16.8 Å². The van der Waals surface area contributed by atoms with Crippen LogP contribution < -0.4 is 9.47 Å². The Labute approximate surface area is 120 Å². The molecule has 0 aliphatic carbocycles. The second-order valence-electron chi connectivity index (χ2n) is 4.18. The fourth-order valence-corrected chi connectivity index (χ4v) is 2.11. The highest BCUT2D eigenvalue weighted by Gasteiger charge is 2.06. The van der Waals surface area contributed by atoms with Crippen LogP contribution in [0.3, 0.4) is 0 Å². The van der Waals surface area contributed by atoms with E-state index >= 15 is 0 Å². The molecule has 0 atom stereocenters. The Hall–Kier alpha value is -1.55. The monoisotopic (exact) mass is 324 g/mol. The molecule has 0 N–H and O–H groups in total. The van der Waals surface area contributed by atoms with E-state index in [4.69, 9.17) is 9.47 Å². The van der Waals surface area contributed by atoms with Crippen molar-refractivity contribution in [2.45, 2.75) is 13.5 Å². The molecule has 2 nitrogen and oxygen atoms in total. The zero-order valence-electron chi connectivity index (χ0n) is 10.7. The zero-order valence-corrected chi connectivity index (χ0v) is 12.3. The molecule has 4 heteroatoms. The van der Waals surface area contributed by atoms with Gasteiger partial charge in [-0.15, -0.1) is 0 Å². The molecule has 0 aromatic heterocycles. The Bertz CT molecular complexity index is 584. The molecule has 2 aromatic carbocycles. The first-order chi connectivity index (χ1) is 9.10. The molecule has 0 radical (unpaired) electrons. The molecule has 0 saturated heterocycles. The van der Waals surface area contributed by atoms with E-state index in [2.05, 4.69) is 15.9 Å². The van der Waals surface area contributed by atoms with Gasteiger partial charge in [-0.05, 0) is 53.2 Å². The normalized spacial score (nSPS) is 10.3. The molecule has 0 unspecified atom stereocenters. The quantitative estimate of drug-likeness (QED) is 0.825. The molecule has 19 heavy (non-hydrogen) atoms. The average molecular weight is 325 g/mol. The summed E-state index contributed by atoms with van der Waals surface area (Å²) in [6.07, 6.45) is 0. The standard InChI is InChI=1S/C15H14BrFO2/c1-10-3-6-15(18-2)11(7-10)9-19-12-4-5-14(17)13(16)8-12/h3-8H,9H2,1-2H3. The summed E-state index contributed by atoms with van der Waals surface area (Å²) in [7, 11) is 1.63. The first-order valence-electron chi connectivity index (χ1n) is 5.81. The van der Waals surface area contributed by atoms with Gasteiger partial charge >= 0.3 is 0 Å². The van der Waals surface area contributed by atoms with E-state index in [-0.39, 0.29) is 5.82 Å². The topological polar surface area (TPSA) is 18.5 Å². The van der Waals surface area contributed by atoms with Crippen molar-refractivity contribution < 1.29 is 13.9 Å². The average Bonchev–Trinajstić information content (AvgIpc) is 2.40. The summed E-state index contributed by atoms with van der Waals surface area (Å²) in [5.41, 5.74) is 2.10. The molecule has 0 heterocycles. The highest BCUT2D eigenvalue weighted by molar-refractivity contribution is 9.10. The summed E-state index contributed by atoms with van der Waals surface area (Å²) in [6, 6.07) is 10.5. The van der Waals surface area contributed by atoms with Crippen LogP contribution in [0.1, 0.15) is 11.1 Å². The maximum atomic E-state index is 13.1. The van der Waals surface area contributed by atoms with Crippen molar-refractivity contribution in [3.63, 3.8) is 0 Å². The summed E-state index contributed by atoms with van der Waals surface area (Å²) in [5, 5.41) is 0. The minimum Gasteiger partial charge on any atom is -0.496 e. The van der Waals surface area contributed by atoms with Crippen LogP contribution >= 0.6 is 15.9 Å². The fraction of sp³-hybridized carbons (Fsp3) is 0.200. The third kappa shape index (κ3) is 3.47. The summed E-state index contributed by atoms with van der Waals surface area (Å²) >= 11 is 3.13. The minimum absolute atomic E-state index is 0.305. The Morgan fingerprint density at radius 3 is 2.63 bits per heavy atom. The molecule has 0 spiro atoms. The Morgan fingerprint density at radius 2 is 1.95 bits per heavy atom. The third-order valence-corrected chi connectivity index (χ3v) is 3.33. The predicted octanol–water partition coefficient (Wildman–Crippen LogP) is 4.48. The second kappa shape index (κ2) is 6.06. The van der Waals surface area contributed by atoms with Crippen LogP contribution in [0.5, 0.6) is 11.5 Å². The van der Waals surface area contributed by atoms with Gasteiger partial charge in [0.25, 0.3) is 0 Å². The van der Waals surface area contributed by atoms with Gasteiger partial charge in [-0.25, -0.2) is 4.39 Å². The fourth-order valence-electron chi connectivity index (χ4n) is 1.75. The van der Waals surface area contributed by atoms with Gasteiger partial charge in [0.2, 0.25) is 0 Å². The molecule has 0 aliphatic heterocycles. The predicted molar refractivity (Wildman–Crippen MR) is 76.2 cm³/mol. The molecule has 0 bridgehead atoms. The minimum atomic E-state index is -0.305. The van der Waals surface area contributed by atoms with Crippen molar-refractivity contribution in [1.82, 2.24) is 0 Å². The largest absolute Gasteiger partial charge is 0.496 e. The Balaban J connectivity index is 2.13. The molecule has 2 aromatic rings. The summed E-state index contributed by atoms with van der Waals surface area (Å²) in [5.74, 6) is 1.09. The smallest absolute Gasteiger partial charge is 0.137 e. The van der Waals surface area contributed by atoms with Crippen LogP contribution in [0, 0.1) is 12.7 Å². The molecular weight excluding hydrogens is 311 g/mol. The molecular formula is C15H14BrFO2. The van der Waals surface area contributed by atoms with Gasteiger partial charge < -0.3 is 9.47 Å². The number of hydrogen-bond donors (Lipinski definition) is 0. The first kappa shape index (κ1) is 13.9. The van der Waals surface area contributed by atoms with E-state index in [0.717, 1.165) is 16.9 Å². The maximum absolute atomic E-state index is 13.1. The molecule has 0 fully saturated rings. The number of hydrogen-bond acceptors (Lipinski definition) is 2. The summed E-state index contributed by atoms with van der Waals surface area (Å²) in [4.78, 5) is 0. The van der Waals surface area contributed by atoms with Crippen molar-refractivity contribution >= 4 is 15.9 Å². The number of ether oxygens (including phenoxy) is 2. The van der Waals surface area contributed by atoms with E-state index in [1.54, 1.807) is 19.2 Å². The lowest BCUT2D eigenvalue weighted by molar-refractivity contribution is 0.296. The number of methoxy groups -OCH3 is 1. The van der Waals surface area contributed by atoms with Gasteiger partial charge in [0.05, 0.1) is 11.6 Å². The molecule has 0 saturated carbocycles. The second-order valence-corrected chi connectivity index (χ2v) is 5.03. The number of rotatable bonds is 4. The number of benzene rings is 2. The van der Waals surface area contributed by atoms with Crippen LogP contribution in [0.2, 0.25) is 0 Å². The van der Waals surface area contributed by atoms with Gasteiger partial charge in [-0.3, -0.25) is 0 Å². The lowest BCUT2D eigenvalue weighted by atomic mass is 10.1. The summed E-state index contributed by atoms with van der Waals surface area (Å²) < 4.78 is 24.4.